The molecular weight excluding hydrogens is 242 g/mol. The van der Waals surface area contributed by atoms with Crippen molar-refractivity contribution in [2.45, 2.75) is 0 Å². The van der Waals surface area contributed by atoms with Gasteiger partial charge in [0, 0.05) is 16.8 Å². The summed E-state index contributed by atoms with van der Waals surface area (Å²) in [4.78, 5) is 23.5. The predicted octanol–water partition coefficient (Wildman–Crippen LogP) is 2.29. The average molecular weight is 255 g/mol. The Balaban J connectivity index is 2.27. The van der Waals surface area contributed by atoms with Gasteiger partial charge in [-0.05, 0) is 24.3 Å². The maximum atomic E-state index is 12.2. The molecule has 19 heavy (non-hydrogen) atoms. The van der Waals surface area contributed by atoms with Crippen LogP contribution < -0.4 is 5.73 Å². The number of nitrogen functional groups attached to an aromatic ring is 1. The van der Waals surface area contributed by atoms with Gasteiger partial charge in [0.05, 0.1) is 12.7 Å². The van der Waals surface area contributed by atoms with Crippen LogP contribution in [0, 0.1) is 0 Å². The summed E-state index contributed by atoms with van der Waals surface area (Å²) in [5.74, 6) is -0.563. The number of hydrogen-bond acceptors (Lipinski definition) is 4. The average Bonchev–Trinajstić information content (AvgIpc) is 2.46. The van der Waals surface area contributed by atoms with Crippen molar-refractivity contribution in [3.05, 3.63) is 65.2 Å². The van der Waals surface area contributed by atoms with Crippen LogP contribution in [-0.2, 0) is 4.74 Å². The number of methoxy groups -OCH3 is 1. The van der Waals surface area contributed by atoms with Gasteiger partial charge in [-0.25, -0.2) is 4.79 Å². The highest BCUT2D eigenvalue weighted by Crippen LogP contribution is 2.14. The molecule has 0 saturated carbocycles. The number of hydrogen-bond donors (Lipinski definition) is 1. The number of benzene rings is 2. The van der Waals surface area contributed by atoms with Crippen LogP contribution in [0.25, 0.3) is 0 Å². The summed E-state index contributed by atoms with van der Waals surface area (Å²) in [7, 11) is 1.31. The Kier molecular flexibility index (Phi) is 3.61. The summed E-state index contributed by atoms with van der Waals surface area (Å²) in [5.41, 5.74) is 7.61. The molecule has 0 saturated heterocycles. The molecule has 2 rings (SSSR count). The summed E-state index contributed by atoms with van der Waals surface area (Å²) in [6, 6.07) is 13.1. The molecule has 4 heteroatoms. The molecule has 0 bridgehead atoms. The van der Waals surface area contributed by atoms with E-state index in [0.29, 0.717) is 22.4 Å². The van der Waals surface area contributed by atoms with E-state index in [2.05, 4.69) is 4.74 Å². The van der Waals surface area contributed by atoms with E-state index in [4.69, 9.17) is 5.73 Å². The molecular formula is C15H13NO3. The van der Waals surface area contributed by atoms with E-state index in [9.17, 15) is 9.59 Å². The summed E-state index contributed by atoms with van der Waals surface area (Å²) < 4.78 is 4.60. The number of carbonyl (C=O) groups is 2. The van der Waals surface area contributed by atoms with Gasteiger partial charge in [-0.3, -0.25) is 4.79 Å². The van der Waals surface area contributed by atoms with Gasteiger partial charge < -0.3 is 10.5 Å². The third kappa shape index (κ3) is 2.80. The molecule has 0 aliphatic rings. The van der Waals surface area contributed by atoms with Gasteiger partial charge >= 0.3 is 5.97 Å². The second-order valence-corrected chi connectivity index (χ2v) is 4.02. The minimum absolute atomic E-state index is 0.135. The van der Waals surface area contributed by atoms with Gasteiger partial charge in [-0.2, -0.15) is 0 Å². The lowest BCUT2D eigenvalue weighted by atomic mass is 10.0. The van der Waals surface area contributed by atoms with Crippen LogP contribution >= 0.6 is 0 Å². The minimum Gasteiger partial charge on any atom is -0.465 e. The van der Waals surface area contributed by atoms with Gasteiger partial charge in [0.15, 0.2) is 5.78 Å². The molecule has 4 nitrogen and oxygen atoms in total. The highest BCUT2D eigenvalue weighted by Gasteiger charge is 2.11. The lowest BCUT2D eigenvalue weighted by molar-refractivity contribution is 0.0600. The summed E-state index contributed by atoms with van der Waals surface area (Å²) in [6.45, 7) is 0. The number of nitrogens with two attached hydrogens (primary N) is 1. The number of ketones is 1. The zero-order chi connectivity index (χ0) is 13.8. The molecule has 0 fully saturated rings. The molecule has 0 aliphatic heterocycles. The van der Waals surface area contributed by atoms with Crippen LogP contribution in [0.5, 0.6) is 0 Å². The molecule has 2 N–H and O–H groups in total. The Morgan fingerprint density at radius 3 is 2.16 bits per heavy atom. The molecule has 0 atom stereocenters. The summed E-state index contributed by atoms with van der Waals surface area (Å²) in [6.07, 6.45) is 0. The van der Waals surface area contributed by atoms with Crippen molar-refractivity contribution in [2.75, 3.05) is 12.8 Å². The molecule has 0 aromatic heterocycles. The topological polar surface area (TPSA) is 69.4 Å². The van der Waals surface area contributed by atoms with Crippen molar-refractivity contribution in [3.63, 3.8) is 0 Å². The maximum absolute atomic E-state index is 12.2. The van der Waals surface area contributed by atoms with E-state index in [1.165, 1.54) is 7.11 Å². The Morgan fingerprint density at radius 1 is 0.947 bits per heavy atom. The molecule has 0 unspecified atom stereocenters. The van der Waals surface area contributed by atoms with E-state index in [1.807, 2.05) is 0 Å². The van der Waals surface area contributed by atoms with E-state index >= 15 is 0 Å². The van der Waals surface area contributed by atoms with Gasteiger partial charge in [-0.1, -0.05) is 24.3 Å². The Morgan fingerprint density at radius 2 is 1.58 bits per heavy atom. The molecule has 2 aromatic rings. The van der Waals surface area contributed by atoms with Gasteiger partial charge in [0.2, 0.25) is 0 Å². The van der Waals surface area contributed by atoms with Crippen molar-refractivity contribution in [2.24, 2.45) is 0 Å². The molecule has 0 aliphatic carbocycles. The van der Waals surface area contributed by atoms with Crippen LogP contribution in [0.15, 0.2) is 48.5 Å². The fourth-order valence-electron chi connectivity index (χ4n) is 1.72. The number of ether oxygens (including phenoxy) is 1. The normalized spacial score (nSPS) is 9.95. The maximum Gasteiger partial charge on any atom is 0.337 e. The van der Waals surface area contributed by atoms with Crippen LogP contribution in [-0.4, -0.2) is 18.9 Å². The third-order valence-electron chi connectivity index (χ3n) is 2.72. The highest BCUT2D eigenvalue weighted by molar-refractivity contribution is 6.09. The smallest absolute Gasteiger partial charge is 0.337 e. The second kappa shape index (κ2) is 5.35. The second-order valence-electron chi connectivity index (χ2n) is 4.02. The van der Waals surface area contributed by atoms with Gasteiger partial charge in [0.25, 0.3) is 0 Å². The standard InChI is InChI=1S/C15H13NO3/c1-19-15(18)11-7-5-10(6-8-11)14(17)12-3-2-4-13(16)9-12/h2-9H,16H2,1H3. The molecule has 0 spiro atoms. The van der Waals surface area contributed by atoms with Crippen molar-refractivity contribution in [1.29, 1.82) is 0 Å². The van der Waals surface area contributed by atoms with E-state index in [0.717, 1.165) is 0 Å². The van der Waals surface area contributed by atoms with Gasteiger partial charge in [-0.15, -0.1) is 0 Å². The first kappa shape index (κ1) is 12.8. The molecule has 2 aromatic carbocycles. The number of carbonyl (C=O) groups excluding carboxylic acids is 2. The Labute approximate surface area is 110 Å². The van der Waals surface area contributed by atoms with Crippen LogP contribution in [0.3, 0.4) is 0 Å². The van der Waals surface area contributed by atoms with Crippen LogP contribution in [0.4, 0.5) is 5.69 Å². The highest BCUT2D eigenvalue weighted by atomic mass is 16.5. The largest absolute Gasteiger partial charge is 0.465 e. The fraction of sp³-hybridized carbons (Fsp3) is 0.0667. The zero-order valence-corrected chi connectivity index (χ0v) is 10.4. The lowest BCUT2D eigenvalue weighted by Crippen LogP contribution is -2.04. The molecule has 0 radical (unpaired) electrons. The van der Waals surface area contributed by atoms with Crippen LogP contribution in [0.1, 0.15) is 26.3 Å². The van der Waals surface area contributed by atoms with Gasteiger partial charge in [0.1, 0.15) is 0 Å². The fourth-order valence-corrected chi connectivity index (χ4v) is 1.72. The van der Waals surface area contributed by atoms with Crippen molar-refractivity contribution >= 4 is 17.4 Å². The SMILES string of the molecule is COC(=O)c1ccc(C(=O)c2cccc(N)c2)cc1. The first-order valence-corrected chi connectivity index (χ1v) is 5.70. The summed E-state index contributed by atoms with van der Waals surface area (Å²) in [5, 5.41) is 0. The number of rotatable bonds is 3. The van der Waals surface area contributed by atoms with Crippen molar-refractivity contribution in [3.8, 4) is 0 Å². The zero-order valence-electron chi connectivity index (χ0n) is 10.4. The molecule has 0 heterocycles. The molecule has 0 amide bonds. The monoisotopic (exact) mass is 255 g/mol. The quantitative estimate of drug-likeness (QED) is 0.519. The Bertz CT molecular complexity index is 618. The first-order valence-electron chi connectivity index (χ1n) is 5.70. The van der Waals surface area contributed by atoms with E-state index < -0.39 is 5.97 Å². The minimum atomic E-state index is -0.428. The number of esters is 1. The van der Waals surface area contributed by atoms with Crippen molar-refractivity contribution in [1.82, 2.24) is 0 Å². The number of anilines is 1. The Hall–Kier alpha value is -2.62. The third-order valence-corrected chi connectivity index (χ3v) is 2.72. The summed E-state index contributed by atoms with van der Waals surface area (Å²) >= 11 is 0. The van der Waals surface area contributed by atoms with E-state index in [-0.39, 0.29) is 5.78 Å². The van der Waals surface area contributed by atoms with E-state index in [1.54, 1.807) is 48.5 Å². The molecule has 96 valence electrons. The predicted molar refractivity (Wildman–Crippen MR) is 72.1 cm³/mol. The van der Waals surface area contributed by atoms with Crippen molar-refractivity contribution < 1.29 is 14.3 Å². The lowest BCUT2D eigenvalue weighted by Gasteiger charge is -2.03. The first-order chi connectivity index (χ1) is 9.11. The van der Waals surface area contributed by atoms with Crippen LogP contribution in [0.2, 0.25) is 0 Å².